The minimum absolute atomic E-state index is 0.395. The Labute approximate surface area is 141 Å². The average Bonchev–Trinajstić information content (AvgIpc) is 2.38. The number of rotatable bonds is 4. The fourth-order valence-corrected chi connectivity index (χ4v) is 3.13. The first-order valence-electron chi connectivity index (χ1n) is 6.07. The second kappa shape index (κ2) is 7.12. The maximum absolute atomic E-state index is 6.27. The first kappa shape index (κ1) is 16.1. The summed E-state index contributed by atoms with van der Waals surface area (Å²) in [6.45, 7) is 4.26. The highest BCUT2D eigenvalue weighted by atomic mass is 79.9. The van der Waals surface area contributed by atoms with Crippen molar-refractivity contribution in [3.63, 3.8) is 0 Å². The van der Waals surface area contributed by atoms with Gasteiger partial charge in [0.15, 0.2) is 0 Å². The van der Waals surface area contributed by atoms with E-state index in [2.05, 4.69) is 39.7 Å². The smallest absolute Gasteiger partial charge is 0.142 e. The summed E-state index contributed by atoms with van der Waals surface area (Å²) in [6.07, 6.45) is 0. The summed E-state index contributed by atoms with van der Waals surface area (Å²) in [7, 11) is 0. The molecule has 2 nitrogen and oxygen atoms in total. The Morgan fingerprint density at radius 3 is 2.15 bits per heavy atom. The van der Waals surface area contributed by atoms with Crippen molar-refractivity contribution in [2.45, 2.75) is 24.9 Å². The summed E-state index contributed by atoms with van der Waals surface area (Å²) < 4.78 is 0.999. The third kappa shape index (κ3) is 4.10. The van der Waals surface area contributed by atoms with Gasteiger partial charge in [-0.25, -0.2) is 9.97 Å². The SMILES string of the molecule is CC(C)SCc1nc(Cl)c(-c2ccc(Br)cc2)c(Cl)n1. The quantitative estimate of drug-likeness (QED) is 0.610. The van der Waals surface area contributed by atoms with Crippen LogP contribution in [-0.2, 0) is 5.75 Å². The van der Waals surface area contributed by atoms with Gasteiger partial charge < -0.3 is 0 Å². The summed E-state index contributed by atoms with van der Waals surface area (Å²) in [5.74, 6) is 1.37. The zero-order valence-electron chi connectivity index (χ0n) is 11.0. The molecule has 0 saturated carbocycles. The number of hydrogen-bond acceptors (Lipinski definition) is 3. The average molecular weight is 392 g/mol. The Bertz CT molecular complexity index is 580. The lowest BCUT2D eigenvalue weighted by molar-refractivity contribution is 1.02. The van der Waals surface area contributed by atoms with E-state index < -0.39 is 0 Å². The number of thioether (sulfide) groups is 1. The summed E-state index contributed by atoms with van der Waals surface area (Å²) in [5, 5.41) is 1.31. The molecule has 0 spiro atoms. The van der Waals surface area contributed by atoms with Gasteiger partial charge in [-0.2, -0.15) is 11.8 Å². The molecule has 0 saturated heterocycles. The van der Waals surface area contributed by atoms with Gasteiger partial charge in [0.1, 0.15) is 16.1 Å². The fourth-order valence-electron chi connectivity index (χ4n) is 1.61. The molecule has 0 N–H and O–H groups in total. The molecule has 0 unspecified atom stereocenters. The Hall–Kier alpha value is -0.290. The molecule has 0 atom stereocenters. The monoisotopic (exact) mass is 390 g/mol. The van der Waals surface area contributed by atoms with Gasteiger partial charge in [-0.3, -0.25) is 0 Å². The van der Waals surface area contributed by atoms with E-state index in [1.807, 2.05) is 24.3 Å². The lowest BCUT2D eigenvalue weighted by atomic mass is 10.1. The Kier molecular flexibility index (Phi) is 5.73. The second-order valence-corrected chi connectivity index (χ2v) is 7.66. The van der Waals surface area contributed by atoms with E-state index in [0.29, 0.717) is 32.7 Å². The van der Waals surface area contributed by atoms with E-state index in [1.165, 1.54) is 0 Å². The molecule has 0 radical (unpaired) electrons. The van der Waals surface area contributed by atoms with E-state index in [9.17, 15) is 0 Å². The topological polar surface area (TPSA) is 25.8 Å². The zero-order valence-corrected chi connectivity index (χ0v) is 14.9. The minimum atomic E-state index is 0.395. The fraction of sp³-hybridized carbons (Fsp3) is 0.286. The standard InChI is InChI=1S/C14H13BrCl2N2S/c1-8(2)20-7-11-18-13(16)12(14(17)19-11)9-3-5-10(15)6-4-9/h3-6,8H,7H2,1-2H3. The van der Waals surface area contributed by atoms with Gasteiger partial charge >= 0.3 is 0 Å². The number of benzene rings is 1. The number of aromatic nitrogens is 2. The normalized spacial score (nSPS) is 11.1. The van der Waals surface area contributed by atoms with Crippen molar-refractivity contribution >= 4 is 50.9 Å². The highest BCUT2D eigenvalue weighted by Gasteiger charge is 2.14. The predicted octanol–water partition coefficient (Wildman–Crippen LogP) is 5.85. The molecule has 6 heteroatoms. The van der Waals surface area contributed by atoms with Crippen molar-refractivity contribution in [2.24, 2.45) is 0 Å². The molecule has 1 aromatic carbocycles. The van der Waals surface area contributed by atoms with Crippen LogP contribution in [0.4, 0.5) is 0 Å². The van der Waals surface area contributed by atoms with Crippen molar-refractivity contribution in [3.05, 3.63) is 44.9 Å². The molecule has 2 rings (SSSR count). The minimum Gasteiger partial charge on any atom is -0.220 e. The molecular formula is C14H13BrCl2N2S. The summed E-state index contributed by atoms with van der Waals surface area (Å²) in [4.78, 5) is 8.68. The molecule has 106 valence electrons. The molecule has 2 aromatic rings. The summed E-state index contributed by atoms with van der Waals surface area (Å²) >= 11 is 17.7. The molecule has 1 heterocycles. The maximum atomic E-state index is 6.27. The van der Waals surface area contributed by atoms with Gasteiger partial charge in [0.25, 0.3) is 0 Å². The van der Waals surface area contributed by atoms with Crippen LogP contribution in [0.15, 0.2) is 28.7 Å². The number of nitrogens with zero attached hydrogens (tertiary/aromatic N) is 2. The van der Waals surface area contributed by atoms with E-state index >= 15 is 0 Å². The highest BCUT2D eigenvalue weighted by molar-refractivity contribution is 9.10. The van der Waals surface area contributed by atoms with E-state index in [0.717, 1.165) is 10.0 Å². The van der Waals surface area contributed by atoms with Crippen molar-refractivity contribution in [2.75, 3.05) is 0 Å². The number of hydrogen-bond donors (Lipinski definition) is 0. The highest BCUT2D eigenvalue weighted by Crippen LogP contribution is 2.33. The van der Waals surface area contributed by atoms with Gasteiger partial charge in [-0.15, -0.1) is 0 Å². The van der Waals surface area contributed by atoms with Gasteiger partial charge in [-0.1, -0.05) is 65.1 Å². The third-order valence-corrected chi connectivity index (χ3v) is 4.71. The second-order valence-electron chi connectivity index (χ2n) is 4.46. The van der Waals surface area contributed by atoms with E-state index in [-0.39, 0.29) is 0 Å². The largest absolute Gasteiger partial charge is 0.220 e. The van der Waals surface area contributed by atoms with E-state index in [1.54, 1.807) is 11.8 Å². The van der Waals surface area contributed by atoms with E-state index in [4.69, 9.17) is 23.2 Å². The molecule has 0 bridgehead atoms. The molecule has 0 amide bonds. The number of halogens is 3. The van der Waals surface area contributed by atoms with Crippen molar-refractivity contribution < 1.29 is 0 Å². The first-order valence-corrected chi connectivity index (χ1v) is 8.66. The molecule has 0 fully saturated rings. The molecule has 0 aliphatic rings. The van der Waals surface area contributed by atoms with Gasteiger partial charge in [0.2, 0.25) is 0 Å². The van der Waals surface area contributed by atoms with Crippen LogP contribution in [0.1, 0.15) is 19.7 Å². The maximum Gasteiger partial charge on any atom is 0.142 e. The third-order valence-electron chi connectivity index (χ3n) is 2.55. The van der Waals surface area contributed by atoms with Crippen LogP contribution in [0.25, 0.3) is 11.1 Å². The lowest BCUT2D eigenvalue weighted by Crippen LogP contribution is -1.99. The van der Waals surface area contributed by atoms with Gasteiger partial charge in [0.05, 0.1) is 11.3 Å². The zero-order chi connectivity index (χ0) is 14.7. The van der Waals surface area contributed by atoms with Crippen LogP contribution in [0.5, 0.6) is 0 Å². The Morgan fingerprint density at radius 1 is 1.10 bits per heavy atom. The van der Waals surface area contributed by atoms with Crippen LogP contribution in [0.2, 0.25) is 10.3 Å². The van der Waals surface area contributed by atoms with Crippen LogP contribution < -0.4 is 0 Å². The molecule has 1 aromatic heterocycles. The van der Waals surface area contributed by atoms with Crippen LogP contribution in [0, 0.1) is 0 Å². The lowest BCUT2D eigenvalue weighted by Gasteiger charge is -2.09. The molecule has 20 heavy (non-hydrogen) atoms. The van der Waals surface area contributed by atoms with Gasteiger partial charge in [0, 0.05) is 4.47 Å². The Balaban J connectivity index is 2.33. The van der Waals surface area contributed by atoms with Crippen LogP contribution in [-0.4, -0.2) is 15.2 Å². The molecular weight excluding hydrogens is 379 g/mol. The van der Waals surface area contributed by atoms with Crippen molar-refractivity contribution in [1.29, 1.82) is 0 Å². The Morgan fingerprint density at radius 2 is 1.65 bits per heavy atom. The summed E-state index contributed by atoms with van der Waals surface area (Å²) in [5.41, 5.74) is 1.59. The molecule has 0 aliphatic heterocycles. The van der Waals surface area contributed by atoms with Crippen molar-refractivity contribution in [3.8, 4) is 11.1 Å². The first-order chi connectivity index (χ1) is 9.47. The van der Waals surface area contributed by atoms with Crippen LogP contribution >= 0.6 is 50.9 Å². The van der Waals surface area contributed by atoms with Crippen molar-refractivity contribution in [1.82, 2.24) is 9.97 Å². The van der Waals surface area contributed by atoms with Gasteiger partial charge in [-0.05, 0) is 22.9 Å². The van der Waals surface area contributed by atoms with Crippen LogP contribution in [0.3, 0.4) is 0 Å². The summed E-state index contributed by atoms with van der Waals surface area (Å²) in [6, 6.07) is 7.74. The predicted molar refractivity (Wildman–Crippen MR) is 91.6 cm³/mol. The molecule has 0 aliphatic carbocycles.